The summed E-state index contributed by atoms with van der Waals surface area (Å²) in [6, 6.07) is 8.17. The van der Waals surface area contributed by atoms with Gasteiger partial charge in [-0.15, -0.1) is 0 Å². The highest BCUT2D eigenvalue weighted by Crippen LogP contribution is 2.32. The number of alkyl halides is 3. The molecule has 3 N–H and O–H groups in total. The predicted molar refractivity (Wildman–Crippen MR) is 95.5 cm³/mol. The Labute approximate surface area is 163 Å². The first-order chi connectivity index (χ1) is 13.3. The van der Waals surface area contributed by atoms with Crippen LogP contribution < -0.4 is 14.8 Å². The van der Waals surface area contributed by atoms with Crippen LogP contribution in [0.4, 0.5) is 28.9 Å². The van der Waals surface area contributed by atoms with E-state index in [1.807, 2.05) is 0 Å². The Hall–Kier alpha value is -2.86. The minimum absolute atomic E-state index is 0.0778. The number of para-hydroxylation sites is 2. The molecule has 0 aromatic heterocycles. The number of ether oxygens (including phenoxy) is 1. The molecule has 1 amide bonds. The van der Waals surface area contributed by atoms with Crippen LogP contribution in [0.1, 0.15) is 6.92 Å². The number of halogens is 4. The molecule has 0 fully saturated rings. The molecular weight excluding hydrogens is 420 g/mol. The van der Waals surface area contributed by atoms with Gasteiger partial charge in [-0.1, -0.05) is 12.1 Å². The molecule has 29 heavy (non-hydrogen) atoms. The van der Waals surface area contributed by atoms with Crippen molar-refractivity contribution >= 4 is 27.3 Å². The van der Waals surface area contributed by atoms with E-state index < -0.39 is 44.1 Å². The zero-order valence-electron chi connectivity index (χ0n) is 15.0. The second-order valence-corrected chi connectivity index (χ2v) is 7.65. The standard InChI is InChI=1S/C17H16F4N2O5S/c1-16(25,17(19,20)21)15(24)22-12-8-7-10(9-11(12)18)29(26,27)23-13-5-3-4-6-14(13)28-2/h3-9,23,25H,1-2H3,(H,22,24)/t16-/m1/s1. The van der Waals surface area contributed by atoms with Gasteiger partial charge >= 0.3 is 6.18 Å². The van der Waals surface area contributed by atoms with E-state index in [-0.39, 0.29) is 18.4 Å². The monoisotopic (exact) mass is 436 g/mol. The first-order valence-electron chi connectivity index (χ1n) is 7.85. The lowest BCUT2D eigenvalue weighted by atomic mass is 10.1. The zero-order valence-corrected chi connectivity index (χ0v) is 15.9. The van der Waals surface area contributed by atoms with E-state index in [1.54, 1.807) is 11.4 Å². The fourth-order valence-corrected chi connectivity index (χ4v) is 3.15. The number of benzene rings is 2. The van der Waals surface area contributed by atoms with Crippen LogP contribution >= 0.6 is 0 Å². The maximum absolute atomic E-state index is 14.2. The van der Waals surface area contributed by atoms with E-state index >= 15 is 0 Å². The quantitative estimate of drug-likeness (QED) is 0.604. The van der Waals surface area contributed by atoms with Crippen LogP contribution in [0.5, 0.6) is 5.75 Å². The van der Waals surface area contributed by atoms with Crippen molar-refractivity contribution < 1.29 is 40.6 Å². The summed E-state index contributed by atoms with van der Waals surface area (Å²) >= 11 is 0. The third-order valence-corrected chi connectivity index (χ3v) is 5.21. The number of nitrogens with one attached hydrogen (secondary N) is 2. The topological polar surface area (TPSA) is 105 Å². The molecule has 0 heterocycles. The van der Waals surface area contributed by atoms with Crippen LogP contribution in [0.15, 0.2) is 47.4 Å². The van der Waals surface area contributed by atoms with Gasteiger partial charge in [0.05, 0.1) is 23.4 Å². The molecule has 158 valence electrons. The summed E-state index contributed by atoms with van der Waals surface area (Å²) in [5, 5.41) is 10.9. The smallest absolute Gasteiger partial charge is 0.426 e. The van der Waals surface area contributed by atoms with Crippen molar-refractivity contribution in [3.8, 4) is 5.75 Å². The van der Waals surface area contributed by atoms with Crippen molar-refractivity contribution in [1.29, 1.82) is 0 Å². The molecule has 0 aliphatic carbocycles. The average Bonchev–Trinajstić information content (AvgIpc) is 2.62. The lowest BCUT2D eigenvalue weighted by Gasteiger charge is -2.25. The SMILES string of the molecule is COc1ccccc1NS(=O)(=O)c1ccc(NC(=O)[C@@](C)(O)C(F)(F)F)c(F)c1. The van der Waals surface area contributed by atoms with Crippen LogP contribution in [0.2, 0.25) is 0 Å². The van der Waals surface area contributed by atoms with E-state index in [0.717, 1.165) is 12.1 Å². The Morgan fingerprint density at radius 3 is 2.28 bits per heavy atom. The van der Waals surface area contributed by atoms with Gasteiger partial charge in [-0.05, 0) is 37.3 Å². The normalized spacial score (nSPS) is 14.0. The second kappa shape index (κ2) is 7.87. The molecule has 2 rings (SSSR count). The number of carbonyl (C=O) groups excluding carboxylic acids is 1. The largest absolute Gasteiger partial charge is 0.495 e. The van der Waals surface area contributed by atoms with Gasteiger partial charge in [-0.3, -0.25) is 9.52 Å². The summed E-state index contributed by atoms with van der Waals surface area (Å²) in [6.07, 6.45) is -5.30. The summed E-state index contributed by atoms with van der Waals surface area (Å²) < 4.78 is 84.3. The van der Waals surface area contributed by atoms with Gasteiger partial charge in [0, 0.05) is 0 Å². The number of rotatable bonds is 6. The molecule has 2 aromatic rings. The fraction of sp³-hybridized carbons (Fsp3) is 0.235. The summed E-state index contributed by atoms with van der Waals surface area (Å²) in [4.78, 5) is 11.1. The van der Waals surface area contributed by atoms with Gasteiger partial charge < -0.3 is 15.2 Å². The molecule has 0 spiro atoms. The first kappa shape index (κ1) is 22.4. The minimum Gasteiger partial charge on any atom is -0.495 e. The van der Waals surface area contributed by atoms with E-state index in [0.29, 0.717) is 6.07 Å². The summed E-state index contributed by atoms with van der Waals surface area (Å²) in [5.41, 5.74) is -4.43. The number of methoxy groups -OCH3 is 1. The van der Waals surface area contributed by atoms with Gasteiger partial charge in [-0.2, -0.15) is 13.2 Å². The Kier molecular flexibility index (Phi) is 6.09. The maximum atomic E-state index is 14.2. The van der Waals surface area contributed by atoms with Crippen LogP contribution in [-0.4, -0.2) is 38.3 Å². The molecule has 12 heteroatoms. The number of hydrogen-bond donors (Lipinski definition) is 3. The van der Waals surface area contributed by atoms with E-state index in [2.05, 4.69) is 4.72 Å². The number of aliphatic hydroxyl groups is 1. The molecule has 0 saturated carbocycles. The van der Waals surface area contributed by atoms with Gasteiger partial charge in [0.1, 0.15) is 11.6 Å². The number of sulfonamides is 1. The fourth-order valence-electron chi connectivity index (χ4n) is 2.07. The number of carbonyl (C=O) groups is 1. The molecule has 1 atom stereocenters. The van der Waals surface area contributed by atoms with Gasteiger partial charge in [0.25, 0.3) is 15.9 Å². The third-order valence-electron chi connectivity index (χ3n) is 3.84. The minimum atomic E-state index is -5.30. The molecule has 2 aromatic carbocycles. The lowest BCUT2D eigenvalue weighted by Crippen LogP contribution is -2.52. The lowest BCUT2D eigenvalue weighted by molar-refractivity contribution is -0.242. The number of amides is 1. The van der Waals surface area contributed by atoms with E-state index in [9.17, 15) is 35.9 Å². The van der Waals surface area contributed by atoms with Crippen molar-refractivity contribution in [2.75, 3.05) is 17.1 Å². The second-order valence-electron chi connectivity index (χ2n) is 5.97. The molecular formula is C17H16F4N2O5S. The van der Waals surface area contributed by atoms with Gasteiger partial charge in [-0.25, -0.2) is 12.8 Å². The molecule has 0 aliphatic heterocycles. The molecule has 0 aliphatic rings. The van der Waals surface area contributed by atoms with E-state index in [4.69, 9.17) is 4.74 Å². The highest BCUT2D eigenvalue weighted by molar-refractivity contribution is 7.92. The Balaban J connectivity index is 2.28. The Bertz CT molecular complexity index is 1020. The van der Waals surface area contributed by atoms with Gasteiger partial charge in [0.2, 0.25) is 5.60 Å². The van der Waals surface area contributed by atoms with Crippen LogP contribution in [0.3, 0.4) is 0 Å². The molecule has 0 unspecified atom stereocenters. The zero-order chi connectivity index (χ0) is 22.0. The molecule has 7 nitrogen and oxygen atoms in total. The molecule has 0 radical (unpaired) electrons. The number of anilines is 2. The van der Waals surface area contributed by atoms with Gasteiger partial charge in [0.15, 0.2) is 0 Å². The molecule has 0 bridgehead atoms. The first-order valence-corrected chi connectivity index (χ1v) is 9.34. The van der Waals surface area contributed by atoms with Crippen molar-refractivity contribution in [2.45, 2.75) is 23.6 Å². The van der Waals surface area contributed by atoms with E-state index in [1.165, 1.54) is 25.3 Å². The Morgan fingerprint density at radius 1 is 1.10 bits per heavy atom. The summed E-state index contributed by atoms with van der Waals surface area (Å²) in [5.74, 6) is -3.04. The maximum Gasteiger partial charge on any atom is 0.426 e. The number of hydrogen-bond acceptors (Lipinski definition) is 5. The average molecular weight is 436 g/mol. The highest BCUT2D eigenvalue weighted by atomic mass is 32.2. The van der Waals surface area contributed by atoms with Crippen LogP contribution in [0, 0.1) is 5.82 Å². The van der Waals surface area contributed by atoms with Crippen molar-refractivity contribution in [3.05, 3.63) is 48.3 Å². The van der Waals surface area contributed by atoms with Crippen LogP contribution in [0.25, 0.3) is 0 Å². The van der Waals surface area contributed by atoms with Crippen LogP contribution in [-0.2, 0) is 14.8 Å². The predicted octanol–water partition coefficient (Wildman–Crippen LogP) is 2.89. The molecule has 0 saturated heterocycles. The Morgan fingerprint density at radius 2 is 1.72 bits per heavy atom. The van der Waals surface area contributed by atoms with Crippen molar-refractivity contribution in [1.82, 2.24) is 0 Å². The summed E-state index contributed by atoms with van der Waals surface area (Å²) in [6.45, 7) is 0.205. The van der Waals surface area contributed by atoms with Crippen molar-refractivity contribution in [3.63, 3.8) is 0 Å². The third kappa shape index (κ3) is 4.77. The summed E-state index contributed by atoms with van der Waals surface area (Å²) in [7, 11) is -2.96. The van der Waals surface area contributed by atoms with Crippen molar-refractivity contribution in [2.24, 2.45) is 0 Å². The highest BCUT2D eigenvalue weighted by Gasteiger charge is 2.55.